The zero-order valence-corrected chi connectivity index (χ0v) is 19.1. The molecule has 0 bridgehead atoms. The highest BCUT2D eigenvalue weighted by atomic mass is 35.5. The smallest absolute Gasteiger partial charge is 0.410 e. The molecular weight excluding hydrogens is 408 g/mol. The summed E-state index contributed by atoms with van der Waals surface area (Å²) in [6.07, 6.45) is 0.231. The summed E-state index contributed by atoms with van der Waals surface area (Å²) in [6.45, 7) is 10.5. The van der Waals surface area contributed by atoms with E-state index in [0.29, 0.717) is 44.3 Å². The maximum Gasteiger partial charge on any atom is 0.410 e. The number of halogens is 1. The number of rotatable bonds is 2. The molecule has 2 aliphatic rings. The second kappa shape index (κ2) is 8.36. The van der Waals surface area contributed by atoms with Crippen LogP contribution in [0.15, 0.2) is 12.1 Å². The predicted molar refractivity (Wildman–Crippen MR) is 113 cm³/mol. The lowest BCUT2D eigenvalue weighted by Gasteiger charge is -2.40. The number of nitrogens with zero attached hydrogens (tertiary/aromatic N) is 2. The fraction of sp³-hybridized carbons (Fsp3) is 0.636. The molecule has 1 unspecified atom stereocenters. The zero-order valence-electron chi connectivity index (χ0n) is 18.3. The number of aliphatic hydroxyl groups is 1. The first kappa shape index (κ1) is 22.8. The molecule has 2 amide bonds. The Hall–Kier alpha value is -1.83. The molecule has 1 fully saturated rings. The number of hydrogen-bond acceptors (Lipinski definition) is 5. The number of benzene rings is 1. The second-order valence-electron chi connectivity index (χ2n) is 9.43. The molecule has 8 heteroatoms. The maximum absolute atomic E-state index is 12.9. The van der Waals surface area contributed by atoms with E-state index in [0.717, 1.165) is 16.7 Å². The first-order valence-corrected chi connectivity index (χ1v) is 10.6. The summed E-state index contributed by atoms with van der Waals surface area (Å²) >= 11 is 6.41. The molecule has 1 aromatic carbocycles. The molecule has 0 saturated carbocycles. The number of carbonyl (C=O) groups is 2. The topological polar surface area (TPSA) is 79.3 Å². The van der Waals surface area contributed by atoms with Gasteiger partial charge in [0.1, 0.15) is 11.2 Å². The van der Waals surface area contributed by atoms with Crippen LogP contribution in [-0.2, 0) is 27.2 Å². The average molecular weight is 439 g/mol. The van der Waals surface area contributed by atoms with Gasteiger partial charge in [-0.15, -0.1) is 0 Å². The van der Waals surface area contributed by atoms with Crippen LogP contribution in [0, 0.1) is 0 Å². The van der Waals surface area contributed by atoms with Crippen LogP contribution in [0.4, 0.5) is 4.79 Å². The van der Waals surface area contributed by atoms with Gasteiger partial charge in [0.2, 0.25) is 0 Å². The molecule has 0 aromatic heterocycles. The average Bonchev–Trinajstić information content (AvgIpc) is 2.64. The van der Waals surface area contributed by atoms with E-state index in [1.165, 1.54) is 13.8 Å². The number of hydrogen-bond donors (Lipinski definition) is 1. The number of morpholine rings is 1. The van der Waals surface area contributed by atoms with Crippen LogP contribution < -0.4 is 0 Å². The standard InChI is InChI=1S/C22H31ClN2O5/c1-21(2,3)30-20(27)25-8-9-29-13-18(25)16-11-15(23)10-14-6-7-24(12-17(14)16)19(26)22(4,5)28/h10-11,18,28H,6-9,12-13H2,1-5H3. The molecule has 2 aliphatic heterocycles. The minimum absolute atomic E-state index is 0.321. The SMILES string of the molecule is CC(C)(C)OC(=O)N1CCOCC1c1cc(Cl)cc2c1CN(C(=O)C(C)(C)O)CC2. The van der Waals surface area contributed by atoms with E-state index in [1.54, 1.807) is 9.80 Å². The number of fused-ring (bicyclic) bond motifs is 1. The normalized spacial score (nSPS) is 20.0. The Labute approximate surface area is 182 Å². The van der Waals surface area contributed by atoms with E-state index in [4.69, 9.17) is 21.1 Å². The molecule has 1 N–H and O–H groups in total. The molecule has 7 nitrogen and oxygen atoms in total. The number of amides is 2. The fourth-order valence-corrected chi connectivity index (χ4v) is 4.16. The highest BCUT2D eigenvalue weighted by Crippen LogP contribution is 2.35. The summed E-state index contributed by atoms with van der Waals surface area (Å²) < 4.78 is 11.3. The van der Waals surface area contributed by atoms with Crippen LogP contribution in [0.2, 0.25) is 5.02 Å². The van der Waals surface area contributed by atoms with Gasteiger partial charge in [-0.05, 0) is 69.9 Å². The van der Waals surface area contributed by atoms with Crippen molar-refractivity contribution < 1.29 is 24.2 Å². The van der Waals surface area contributed by atoms with Crippen molar-refractivity contribution in [2.75, 3.05) is 26.3 Å². The Morgan fingerprint density at radius 2 is 1.90 bits per heavy atom. The van der Waals surface area contributed by atoms with Crippen molar-refractivity contribution in [2.45, 2.75) is 64.8 Å². The van der Waals surface area contributed by atoms with E-state index in [-0.39, 0.29) is 11.9 Å². The quantitative estimate of drug-likeness (QED) is 0.766. The summed E-state index contributed by atoms with van der Waals surface area (Å²) in [5.74, 6) is -0.321. The Morgan fingerprint density at radius 3 is 2.53 bits per heavy atom. The lowest BCUT2D eigenvalue weighted by molar-refractivity contribution is -0.148. The summed E-state index contributed by atoms with van der Waals surface area (Å²) in [7, 11) is 0. The zero-order chi connectivity index (χ0) is 22.3. The van der Waals surface area contributed by atoms with Crippen LogP contribution in [-0.4, -0.2) is 64.4 Å². The predicted octanol–water partition coefficient (Wildman–Crippen LogP) is 3.30. The monoisotopic (exact) mass is 438 g/mol. The molecule has 166 valence electrons. The molecule has 1 aromatic rings. The molecule has 0 aliphatic carbocycles. The summed E-state index contributed by atoms with van der Waals surface area (Å²) in [6, 6.07) is 3.39. The third-order valence-corrected chi connectivity index (χ3v) is 5.49. The largest absolute Gasteiger partial charge is 0.444 e. The van der Waals surface area contributed by atoms with Crippen LogP contribution in [0.1, 0.15) is 57.4 Å². The number of ether oxygens (including phenoxy) is 2. The van der Waals surface area contributed by atoms with Gasteiger partial charge in [0.05, 0.1) is 19.3 Å². The van der Waals surface area contributed by atoms with E-state index in [1.807, 2.05) is 32.9 Å². The van der Waals surface area contributed by atoms with Crippen molar-refractivity contribution >= 4 is 23.6 Å². The van der Waals surface area contributed by atoms with Gasteiger partial charge >= 0.3 is 6.09 Å². The molecular formula is C22H31ClN2O5. The van der Waals surface area contributed by atoms with Gasteiger partial charge in [-0.1, -0.05) is 11.6 Å². The molecule has 30 heavy (non-hydrogen) atoms. The van der Waals surface area contributed by atoms with Gasteiger partial charge in [0, 0.05) is 24.7 Å². The summed E-state index contributed by atoms with van der Waals surface area (Å²) in [5, 5.41) is 10.8. The molecule has 0 radical (unpaired) electrons. The van der Waals surface area contributed by atoms with Crippen molar-refractivity contribution in [1.82, 2.24) is 9.80 Å². The first-order chi connectivity index (χ1) is 13.9. The van der Waals surface area contributed by atoms with Gasteiger partial charge in [-0.3, -0.25) is 9.69 Å². The lowest BCUT2D eigenvalue weighted by Crippen LogP contribution is -2.48. The fourth-order valence-electron chi connectivity index (χ4n) is 3.92. The van der Waals surface area contributed by atoms with Gasteiger partial charge in [0.15, 0.2) is 0 Å². The van der Waals surface area contributed by atoms with Crippen molar-refractivity contribution in [3.8, 4) is 0 Å². The molecule has 3 rings (SSSR count). The Kier molecular flexibility index (Phi) is 6.37. The molecule has 2 heterocycles. The van der Waals surface area contributed by atoms with Crippen molar-refractivity contribution in [3.05, 3.63) is 33.8 Å². The Balaban J connectivity index is 1.96. The molecule has 1 atom stereocenters. The van der Waals surface area contributed by atoms with E-state index >= 15 is 0 Å². The van der Waals surface area contributed by atoms with Gasteiger partial charge in [-0.2, -0.15) is 0 Å². The van der Waals surface area contributed by atoms with E-state index in [2.05, 4.69) is 0 Å². The summed E-state index contributed by atoms with van der Waals surface area (Å²) in [4.78, 5) is 28.9. The van der Waals surface area contributed by atoms with Crippen molar-refractivity contribution in [3.63, 3.8) is 0 Å². The van der Waals surface area contributed by atoms with E-state index in [9.17, 15) is 14.7 Å². The van der Waals surface area contributed by atoms with Crippen LogP contribution in [0.5, 0.6) is 0 Å². The third kappa shape index (κ3) is 5.07. The van der Waals surface area contributed by atoms with Crippen molar-refractivity contribution in [1.29, 1.82) is 0 Å². The maximum atomic E-state index is 12.9. The highest BCUT2D eigenvalue weighted by Gasteiger charge is 2.37. The minimum atomic E-state index is -1.44. The highest BCUT2D eigenvalue weighted by molar-refractivity contribution is 6.30. The van der Waals surface area contributed by atoms with E-state index < -0.39 is 17.3 Å². The molecule has 1 saturated heterocycles. The van der Waals surface area contributed by atoms with Crippen LogP contribution >= 0.6 is 11.6 Å². The van der Waals surface area contributed by atoms with Gasteiger partial charge < -0.3 is 19.5 Å². The Morgan fingerprint density at radius 1 is 1.20 bits per heavy atom. The minimum Gasteiger partial charge on any atom is -0.444 e. The van der Waals surface area contributed by atoms with Crippen LogP contribution in [0.3, 0.4) is 0 Å². The first-order valence-electron chi connectivity index (χ1n) is 10.3. The lowest BCUT2D eigenvalue weighted by atomic mass is 9.89. The van der Waals surface area contributed by atoms with Gasteiger partial charge in [0.25, 0.3) is 5.91 Å². The third-order valence-electron chi connectivity index (χ3n) is 5.27. The molecule has 0 spiro atoms. The van der Waals surface area contributed by atoms with Gasteiger partial charge in [-0.25, -0.2) is 4.79 Å². The second-order valence-corrected chi connectivity index (χ2v) is 9.87. The number of carbonyl (C=O) groups excluding carboxylic acids is 2. The van der Waals surface area contributed by atoms with Crippen LogP contribution in [0.25, 0.3) is 0 Å². The Bertz CT molecular complexity index is 828. The van der Waals surface area contributed by atoms with Crippen molar-refractivity contribution in [2.24, 2.45) is 0 Å². The summed E-state index contributed by atoms with van der Waals surface area (Å²) in [5.41, 5.74) is 0.806.